The minimum absolute atomic E-state index is 0.325. The Balaban J connectivity index is 4.08. The van der Waals surface area contributed by atoms with Crippen LogP contribution in [0.1, 0.15) is 41.0 Å². The van der Waals surface area contributed by atoms with Crippen LogP contribution < -0.4 is 5.32 Å². The van der Waals surface area contributed by atoms with Gasteiger partial charge in [-0.1, -0.05) is 13.8 Å². The first kappa shape index (κ1) is 13.9. The molecule has 87 valence electrons. The summed E-state index contributed by atoms with van der Waals surface area (Å²) >= 11 is 0. The fraction of sp³-hybridized carbons (Fsp3) is 0.818. The van der Waals surface area contributed by atoms with E-state index in [1.165, 1.54) is 0 Å². The lowest BCUT2D eigenvalue weighted by Crippen LogP contribution is -2.40. The Labute approximate surface area is 91.4 Å². The van der Waals surface area contributed by atoms with E-state index >= 15 is 0 Å². The average Bonchev–Trinajstić information content (AvgIpc) is 1.98. The summed E-state index contributed by atoms with van der Waals surface area (Å²) in [7, 11) is 0. The lowest BCUT2D eigenvalue weighted by atomic mass is 10.1. The van der Waals surface area contributed by atoms with Gasteiger partial charge in [-0.25, -0.2) is 4.79 Å². The van der Waals surface area contributed by atoms with Gasteiger partial charge in [-0.3, -0.25) is 4.79 Å². The van der Waals surface area contributed by atoms with Crippen molar-refractivity contribution in [2.24, 2.45) is 5.92 Å². The van der Waals surface area contributed by atoms with Crippen LogP contribution in [0, 0.1) is 5.92 Å². The third-order valence-corrected chi connectivity index (χ3v) is 1.54. The first-order valence-corrected chi connectivity index (χ1v) is 5.12. The van der Waals surface area contributed by atoms with E-state index in [0.717, 1.165) is 0 Å². The van der Waals surface area contributed by atoms with Gasteiger partial charge in [0.15, 0.2) is 0 Å². The molecule has 0 saturated carbocycles. The highest BCUT2D eigenvalue weighted by molar-refractivity contribution is 5.73. The molecule has 0 heterocycles. The van der Waals surface area contributed by atoms with Crippen molar-refractivity contribution in [2.75, 3.05) is 0 Å². The topological polar surface area (TPSA) is 55.4 Å². The van der Waals surface area contributed by atoms with Gasteiger partial charge in [0, 0.05) is 0 Å². The molecule has 0 aromatic rings. The predicted molar refractivity (Wildman–Crippen MR) is 58.3 cm³/mol. The highest BCUT2D eigenvalue weighted by atomic mass is 16.6. The Morgan fingerprint density at radius 3 is 2.27 bits per heavy atom. The smallest absolute Gasteiger partial charge is 0.408 e. The van der Waals surface area contributed by atoms with Crippen LogP contribution in [0.15, 0.2) is 0 Å². The quantitative estimate of drug-likeness (QED) is 0.779. The van der Waals surface area contributed by atoms with Crippen molar-refractivity contribution in [3.63, 3.8) is 0 Å². The van der Waals surface area contributed by atoms with Crippen molar-refractivity contribution in [2.45, 2.75) is 52.7 Å². The van der Waals surface area contributed by atoms with Crippen LogP contribution in [0.2, 0.25) is 0 Å². The molecule has 4 heteroatoms. The summed E-state index contributed by atoms with van der Waals surface area (Å²) in [6.07, 6.45) is 1.79. The molecule has 1 amide bonds. The molecule has 15 heavy (non-hydrogen) atoms. The van der Waals surface area contributed by atoms with Crippen molar-refractivity contribution in [3.05, 3.63) is 0 Å². The van der Waals surface area contributed by atoms with Crippen molar-refractivity contribution in [1.82, 2.24) is 5.32 Å². The van der Waals surface area contributed by atoms with Gasteiger partial charge < -0.3 is 10.1 Å². The molecule has 0 saturated heterocycles. The molecule has 0 rings (SSSR count). The molecule has 0 bridgehead atoms. The van der Waals surface area contributed by atoms with Gasteiger partial charge in [0.05, 0.1) is 6.04 Å². The fourth-order valence-corrected chi connectivity index (χ4v) is 1.06. The molecule has 4 nitrogen and oxygen atoms in total. The third kappa shape index (κ3) is 7.97. The number of rotatable bonds is 4. The first-order chi connectivity index (χ1) is 6.74. The van der Waals surface area contributed by atoms with Crippen molar-refractivity contribution < 1.29 is 14.3 Å². The van der Waals surface area contributed by atoms with E-state index in [-0.39, 0.29) is 0 Å². The van der Waals surface area contributed by atoms with Gasteiger partial charge in [-0.05, 0) is 33.1 Å². The molecule has 1 N–H and O–H groups in total. The minimum Gasteiger partial charge on any atom is -0.444 e. The van der Waals surface area contributed by atoms with E-state index in [1.807, 2.05) is 13.8 Å². The van der Waals surface area contributed by atoms with Crippen LogP contribution in [0.25, 0.3) is 0 Å². The van der Waals surface area contributed by atoms with Crippen molar-refractivity contribution in [3.8, 4) is 0 Å². The van der Waals surface area contributed by atoms with Crippen LogP contribution in [-0.4, -0.2) is 24.0 Å². The molecular weight excluding hydrogens is 194 g/mol. The number of ether oxygens (including phenoxy) is 1. The van der Waals surface area contributed by atoms with Gasteiger partial charge >= 0.3 is 6.09 Å². The van der Waals surface area contributed by atoms with E-state index < -0.39 is 17.7 Å². The second-order valence-corrected chi connectivity index (χ2v) is 4.95. The molecule has 1 radical (unpaired) electrons. The molecule has 0 unspecified atom stereocenters. The lowest BCUT2D eigenvalue weighted by Gasteiger charge is -2.21. The van der Waals surface area contributed by atoms with Crippen LogP contribution in [0.4, 0.5) is 4.79 Å². The van der Waals surface area contributed by atoms with Crippen LogP contribution in [-0.2, 0) is 9.53 Å². The lowest BCUT2D eigenvalue weighted by molar-refractivity contribution is 0.0513. The average molecular weight is 214 g/mol. The van der Waals surface area contributed by atoms with E-state index in [4.69, 9.17) is 4.74 Å². The Hall–Kier alpha value is -1.06. The molecule has 1 atom stereocenters. The largest absolute Gasteiger partial charge is 0.444 e. The van der Waals surface area contributed by atoms with Crippen LogP contribution in [0.3, 0.4) is 0 Å². The van der Waals surface area contributed by atoms with Crippen molar-refractivity contribution >= 4 is 12.4 Å². The zero-order valence-corrected chi connectivity index (χ0v) is 10.1. The third-order valence-electron chi connectivity index (χ3n) is 1.54. The molecular formula is C11H20NO3. The normalized spacial score (nSPS) is 13.5. The summed E-state index contributed by atoms with van der Waals surface area (Å²) in [6.45, 7) is 9.26. The van der Waals surface area contributed by atoms with Crippen LogP contribution >= 0.6 is 0 Å². The van der Waals surface area contributed by atoms with E-state index in [1.54, 1.807) is 27.1 Å². The Morgan fingerprint density at radius 2 is 1.93 bits per heavy atom. The predicted octanol–water partition coefficient (Wildman–Crippen LogP) is 2.04. The van der Waals surface area contributed by atoms with Crippen molar-refractivity contribution in [1.29, 1.82) is 0 Å². The summed E-state index contributed by atoms with van der Waals surface area (Å²) < 4.78 is 5.02. The molecule has 0 aromatic carbocycles. The van der Waals surface area contributed by atoms with Gasteiger partial charge in [0.1, 0.15) is 5.60 Å². The van der Waals surface area contributed by atoms with E-state index in [0.29, 0.717) is 12.3 Å². The second kappa shape index (κ2) is 5.73. The molecule has 0 aliphatic rings. The number of nitrogens with one attached hydrogen (secondary N) is 1. The number of carbonyl (C=O) groups excluding carboxylic acids is 2. The van der Waals surface area contributed by atoms with Crippen LogP contribution in [0.5, 0.6) is 0 Å². The summed E-state index contributed by atoms with van der Waals surface area (Å²) in [5, 5.41) is 2.47. The van der Waals surface area contributed by atoms with E-state index in [9.17, 15) is 9.59 Å². The monoisotopic (exact) mass is 214 g/mol. The standard InChI is InChI=1S/C11H20NO3/c1-8(2)6-9(7-13)12-10(14)15-11(3,4)5/h8-9H,6H2,1-5H3,(H,12,14)/t9-/m0/s1. The zero-order chi connectivity index (χ0) is 12.1. The number of amides is 1. The van der Waals surface area contributed by atoms with Gasteiger partial charge in [0.2, 0.25) is 6.29 Å². The molecule has 0 aliphatic heterocycles. The Bertz CT molecular complexity index is 218. The fourth-order valence-electron chi connectivity index (χ4n) is 1.06. The number of carbonyl (C=O) groups is 1. The van der Waals surface area contributed by atoms with E-state index in [2.05, 4.69) is 5.32 Å². The molecule has 0 aliphatic carbocycles. The second-order valence-electron chi connectivity index (χ2n) is 4.95. The molecule has 0 fully saturated rings. The number of alkyl carbamates (subject to hydrolysis) is 1. The maximum absolute atomic E-state index is 11.3. The maximum Gasteiger partial charge on any atom is 0.408 e. The van der Waals surface area contributed by atoms with Gasteiger partial charge in [0.25, 0.3) is 0 Å². The number of hydrogen-bond donors (Lipinski definition) is 1. The minimum atomic E-state index is -0.583. The highest BCUT2D eigenvalue weighted by Gasteiger charge is 2.19. The Kier molecular flexibility index (Phi) is 5.33. The molecule has 0 spiro atoms. The highest BCUT2D eigenvalue weighted by Crippen LogP contribution is 2.08. The first-order valence-electron chi connectivity index (χ1n) is 5.12. The Morgan fingerprint density at radius 1 is 1.40 bits per heavy atom. The van der Waals surface area contributed by atoms with Gasteiger partial charge in [-0.15, -0.1) is 0 Å². The number of hydrogen-bond acceptors (Lipinski definition) is 3. The SMILES string of the molecule is CC(C)C[C@@H]([C]=O)NC(=O)OC(C)(C)C. The summed E-state index contributed by atoms with van der Waals surface area (Å²) in [6, 6.07) is -0.583. The van der Waals surface area contributed by atoms with Gasteiger partial charge in [-0.2, -0.15) is 0 Å². The maximum atomic E-state index is 11.3. The zero-order valence-electron chi connectivity index (χ0n) is 10.1. The summed E-state index contributed by atoms with van der Waals surface area (Å²) in [5.41, 5.74) is -0.546. The summed E-state index contributed by atoms with van der Waals surface area (Å²) in [4.78, 5) is 21.8. The molecule has 0 aromatic heterocycles. The summed E-state index contributed by atoms with van der Waals surface area (Å²) in [5.74, 6) is 0.325.